The lowest BCUT2D eigenvalue weighted by atomic mass is 10.1. The third kappa shape index (κ3) is 3.18. The number of carbonyl (C=O) groups is 1. The second-order valence-electron chi connectivity index (χ2n) is 3.49. The molecule has 0 aliphatic heterocycles. The average molecular weight is 245 g/mol. The summed E-state index contributed by atoms with van der Waals surface area (Å²) in [7, 11) is 0. The Bertz CT molecular complexity index is 384. The third-order valence-electron chi connectivity index (χ3n) is 2.15. The molecule has 0 fully saturated rings. The van der Waals surface area contributed by atoms with Gasteiger partial charge in [0.25, 0.3) is 0 Å². The topological polar surface area (TPSA) is 55.1 Å². The highest BCUT2D eigenvalue weighted by atomic mass is 35.5. The van der Waals surface area contributed by atoms with Gasteiger partial charge in [-0.1, -0.05) is 31.0 Å². The van der Waals surface area contributed by atoms with Crippen molar-refractivity contribution in [2.45, 2.75) is 25.8 Å². The van der Waals surface area contributed by atoms with E-state index in [1.54, 1.807) is 6.07 Å². The first-order valence-electron chi connectivity index (χ1n) is 5.06. The fourth-order valence-electron chi connectivity index (χ4n) is 1.27. The van der Waals surface area contributed by atoms with Crippen LogP contribution in [0.15, 0.2) is 18.2 Å². The molecule has 0 saturated carbocycles. The van der Waals surface area contributed by atoms with Crippen LogP contribution in [0.1, 0.15) is 19.8 Å². The Labute approximate surface area is 98.8 Å². The average Bonchev–Trinajstić information content (AvgIpc) is 2.25. The first-order chi connectivity index (χ1) is 7.56. The molecule has 1 atom stereocenters. The molecule has 0 heterocycles. The third-order valence-corrected chi connectivity index (χ3v) is 2.44. The van der Waals surface area contributed by atoms with Gasteiger partial charge in [0.2, 0.25) is 5.91 Å². The fraction of sp³-hybridized carbons (Fsp3) is 0.364. The first kappa shape index (κ1) is 12.9. The van der Waals surface area contributed by atoms with E-state index in [-0.39, 0.29) is 10.7 Å². The van der Waals surface area contributed by atoms with Gasteiger partial charge in [0, 0.05) is 0 Å². The van der Waals surface area contributed by atoms with Crippen molar-refractivity contribution in [3.8, 4) is 0 Å². The predicted molar refractivity (Wildman–Crippen MR) is 62.9 cm³/mol. The van der Waals surface area contributed by atoms with Crippen molar-refractivity contribution in [1.29, 1.82) is 0 Å². The number of hydrogen-bond donors (Lipinski definition) is 2. The molecule has 5 heteroatoms. The lowest BCUT2D eigenvalue weighted by Gasteiger charge is -2.11. The van der Waals surface area contributed by atoms with Crippen LogP contribution < -0.4 is 11.1 Å². The maximum atomic E-state index is 13.4. The van der Waals surface area contributed by atoms with Gasteiger partial charge in [-0.2, -0.15) is 0 Å². The molecule has 0 unspecified atom stereocenters. The second-order valence-corrected chi connectivity index (χ2v) is 3.89. The van der Waals surface area contributed by atoms with Gasteiger partial charge in [-0.25, -0.2) is 4.39 Å². The summed E-state index contributed by atoms with van der Waals surface area (Å²) in [6.07, 6.45) is 1.36. The zero-order valence-corrected chi connectivity index (χ0v) is 9.72. The molecule has 0 bridgehead atoms. The molecule has 1 aromatic rings. The van der Waals surface area contributed by atoms with Crippen LogP contribution in [0, 0.1) is 5.82 Å². The number of carbonyl (C=O) groups excluding carboxylic acids is 1. The van der Waals surface area contributed by atoms with E-state index in [0.29, 0.717) is 6.42 Å². The van der Waals surface area contributed by atoms with Gasteiger partial charge in [0.15, 0.2) is 5.82 Å². The fourth-order valence-corrected chi connectivity index (χ4v) is 1.44. The summed E-state index contributed by atoms with van der Waals surface area (Å²) < 4.78 is 13.4. The van der Waals surface area contributed by atoms with Crippen LogP contribution in [0.4, 0.5) is 10.1 Å². The molecule has 1 aromatic carbocycles. The number of amides is 1. The lowest BCUT2D eigenvalue weighted by Crippen LogP contribution is -2.35. The van der Waals surface area contributed by atoms with Crippen molar-refractivity contribution in [3.63, 3.8) is 0 Å². The van der Waals surface area contributed by atoms with Crippen molar-refractivity contribution in [2.75, 3.05) is 5.32 Å². The summed E-state index contributed by atoms with van der Waals surface area (Å²) >= 11 is 5.58. The molecule has 1 amide bonds. The standard InChI is InChI=1S/C11H14ClFN2O/c1-2-4-8(14)11(16)15-9-6-3-5-7(12)10(9)13/h3,5-6,8H,2,4,14H2,1H3,(H,15,16)/t8-/m0/s1. The summed E-state index contributed by atoms with van der Waals surface area (Å²) in [4.78, 5) is 11.5. The van der Waals surface area contributed by atoms with Gasteiger partial charge in [0.1, 0.15) is 0 Å². The summed E-state index contributed by atoms with van der Waals surface area (Å²) in [5.74, 6) is -1.04. The Kier molecular flexibility index (Phi) is 4.71. The SMILES string of the molecule is CCC[C@H](N)C(=O)Nc1cccc(Cl)c1F. The number of nitrogens with one attached hydrogen (secondary N) is 1. The van der Waals surface area contributed by atoms with Gasteiger partial charge in [0.05, 0.1) is 16.8 Å². The van der Waals surface area contributed by atoms with E-state index in [1.165, 1.54) is 12.1 Å². The zero-order chi connectivity index (χ0) is 12.1. The van der Waals surface area contributed by atoms with Crippen LogP contribution in [-0.2, 0) is 4.79 Å². The zero-order valence-electron chi connectivity index (χ0n) is 8.97. The molecular weight excluding hydrogens is 231 g/mol. The van der Waals surface area contributed by atoms with E-state index in [1.807, 2.05) is 6.92 Å². The van der Waals surface area contributed by atoms with E-state index in [4.69, 9.17) is 17.3 Å². The molecule has 3 N–H and O–H groups in total. The lowest BCUT2D eigenvalue weighted by molar-refractivity contribution is -0.117. The highest BCUT2D eigenvalue weighted by Crippen LogP contribution is 2.22. The Morgan fingerprint density at radius 1 is 1.62 bits per heavy atom. The minimum absolute atomic E-state index is 0.0261. The molecule has 3 nitrogen and oxygen atoms in total. The van der Waals surface area contributed by atoms with Crippen LogP contribution in [-0.4, -0.2) is 11.9 Å². The van der Waals surface area contributed by atoms with E-state index >= 15 is 0 Å². The van der Waals surface area contributed by atoms with Gasteiger partial charge in [-0.05, 0) is 18.6 Å². The largest absolute Gasteiger partial charge is 0.322 e. The number of anilines is 1. The number of hydrogen-bond acceptors (Lipinski definition) is 2. The van der Waals surface area contributed by atoms with Crippen LogP contribution >= 0.6 is 11.6 Å². The smallest absolute Gasteiger partial charge is 0.241 e. The normalized spacial score (nSPS) is 12.2. The van der Waals surface area contributed by atoms with E-state index in [2.05, 4.69) is 5.32 Å². The molecule has 0 radical (unpaired) electrons. The Morgan fingerprint density at radius 3 is 2.94 bits per heavy atom. The van der Waals surface area contributed by atoms with Crippen molar-refractivity contribution in [3.05, 3.63) is 29.0 Å². The maximum Gasteiger partial charge on any atom is 0.241 e. The maximum absolute atomic E-state index is 13.4. The molecule has 16 heavy (non-hydrogen) atoms. The minimum Gasteiger partial charge on any atom is -0.322 e. The number of nitrogens with two attached hydrogens (primary N) is 1. The van der Waals surface area contributed by atoms with Crippen LogP contribution in [0.25, 0.3) is 0 Å². The molecular formula is C11H14ClFN2O. The monoisotopic (exact) mass is 244 g/mol. The van der Waals surface area contributed by atoms with E-state index < -0.39 is 17.8 Å². The second kappa shape index (κ2) is 5.82. The number of halogens is 2. The van der Waals surface area contributed by atoms with Crippen molar-refractivity contribution in [2.24, 2.45) is 5.73 Å². The molecule has 0 aliphatic rings. The Hall–Kier alpha value is -1.13. The van der Waals surface area contributed by atoms with Crippen LogP contribution in [0.5, 0.6) is 0 Å². The van der Waals surface area contributed by atoms with Crippen molar-refractivity contribution >= 4 is 23.2 Å². The quantitative estimate of drug-likeness (QED) is 0.855. The molecule has 0 saturated heterocycles. The number of benzene rings is 1. The molecule has 0 aromatic heterocycles. The number of rotatable bonds is 4. The van der Waals surface area contributed by atoms with E-state index in [0.717, 1.165) is 6.42 Å². The Balaban J connectivity index is 2.73. The summed E-state index contributed by atoms with van der Waals surface area (Å²) in [5, 5.41) is 2.39. The molecule has 88 valence electrons. The predicted octanol–water partition coefficient (Wildman–Crippen LogP) is 2.55. The summed E-state index contributed by atoms with van der Waals surface area (Å²) in [5.41, 5.74) is 5.66. The minimum atomic E-state index is -0.638. The van der Waals surface area contributed by atoms with Gasteiger partial charge < -0.3 is 11.1 Å². The summed E-state index contributed by atoms with van der Waals surface area (Å²) in [6.45, 7) is 1.92. The van der Waals surface area contributed by atoms with E-state index in [9.17, 15) is 9.18 Å². The molecule has 0 spiro atoms. The highest BCUT2D eigenvalue weighted by Gasteiger charge is 2.15. The molecule has 1 rings (SSSR count). The molecule has 0 aliphatic carbocycles. The van der Waals surface area contributed by atoms with Crippen molar-refractivity contribution in [1.82, 2.24) is 0 Å². The van der Waals surface area contributed by atoms with Gasteiger partial charge >= 0.3 is 0 Å². The highest BCUT2D eigenvalue weighted by molar-refractivity contribution is 6.31. The van der Waals surface area contributed by atoms with Crippen LogP contribution in [0.3, 0.4) is 0 Å². The first-order valence-corrected chi connectivity index (χ1v) is 5.44. The van der Waals surface area contributed by atoms with Gasteiger partial charge in [-0.3, -0.25) is 4.79 Å². The Morgan fingerprint density at radius 2 is 2.31 bits per heavy atom. The van der Waals surface area contributed by atoms with Crippen LogP contribution in [0.2, 0.25) is 5.02 Å². The summed E-state index contributed by atoms with van der Waals surface area (Å²) in [6, 6.07) is 3.80. The van der Waals surface area contributed by atoms with Crippen molar-refractivity contribution < 1.29 is 9.18 Å². The van der Waals surface area contributed by atoms with Gasteiger partial charge in [-0.15, -0.1) is 0 Å².